The zero-order valence-corrected chi connectivity index (χ0v) is 7.91. The molecular weight excluding hydrogens is 197 g/mol. The third-order valence-electron chi connectivity index (χ3n) is 1.66. The Morgan fingerprint density at radius 2 is 2.08 bits per heavy atom. The third-order valence-corrected chi connectivity index (χ3v) is 2.55. The van der Waals surface area contributed by atoms with E-state index in [0.717, 1.165) is 0 Å². The Morgan fingerprint density at radius 3 is 2.58 bits per heavy atom. The maximum Gasteiger partial charge on any atom is 0.152 e. The third kappa shape index (κ3) is 1.40. The van der Waals surface area contributed by atoms with Crippen LogP contribution < -0.4 is 5.73 Å². The summed E-state index contributed by atoms with van der Waals surface area (Å²) < 4.78 is 0. The van der Waals surface area contributed by atoms with E-state index < -0.39 is 0 Å². The first-order chi connectivity index (χ1) is 5.57. The van der Waals surface area contributed by atoms with Crippen molar-refractivity contribution < 1.29 is 4.79 Å². The number of rotatable bonds is 1. The van der Waals surface area contributed by atoms with E-state index in [4.69, 9.17) is 28.9 Å². The summed E-state index contributed by atoms with van der Waals surface area (Å²) in [7, 11) is 0. The van der Waals surface area contributed by atoms with Gasteiger partial charge in [0.25, 0.3) is 0 Å². The van der Waals surface area contributed by atoms with Gasteiger partial charge in [-0.1, -0.05) is 23.2 Å². The summed E-state index contributed by atoms with van der Waals surface area (Å²) in [4.78, 5) is 10.5. The van der Waals surface area contributed by atoms with Gasteiger partial charge < -0.3 is 5.73 Å². The molecule has 0 aliphatic carbocycles. The Bertz CT molecular complexity index is 336. The normalized spacial score (nSPS) is 9.92. The van der Waals surface area contributed by atoms with Crippen molar-refractivity contribution in [3.8, 4) is 0 Å². The van der Waals surface area contributed by atoms with Gasteiger partial charge in [-0.25, -0.2) is 0 Å². The molecular formula is C8H7Cl2NO. The van der Waals surface area contributed by atoms with Crippen LogP contribution in [0.1, 0.15) is 15.9 Å². The van der Waals surface area contributed by atoms with Crippen LogP contribution in [0, 0.1) is 6.92 Å². The minimum atomic E-state index is 0.352. The molecule has 0 spiro atoms. The van der Waals surface area contributed by atoms with Crippen molar-refractivity contribution in [3.05, 3.63) is 27.2 Å². The molecule has 4 heteroatoms. The van der Waals surface area contributed by atoms with Gasteiger partial charge in [0.05, 0.1) is 10.0 Å². The molecule has 1 rings (SSSR count). The van der Waals surface area contributed by atoms with Gasteiger partial charge in [0.2, 0.25) is 0 Å². The van der Waals surface area contributed by atoms with Gasteiger partial charge in [0, 0.05) is 11.3 Å². The van der Waals surface area contributed by atoms with Crippen molar-refractivity contribution >= 4 is 35.2 Å². The molecule has 0 atom stereocenters. The second-order valence-electron chi connectivity index (χ2n) is 2.42. The van der Waals surface area contributed by atoms with E-state index >= 15 is 0 Å². The minimum absolute atomic E-state index is 0.352. The number of halogens is 2. The summed E-state index contributed by atoms with van der Waals surface area (Å²) in [5.74, 6) is 0. The molecule has 0 aliphatic heterocycles. The number of anilines is 1. The summed E-state index contributed by atoms with van der Waals surface area (Å²) >= 11 is 11.5. The molecule has 64 valence electrons. The van der Waals surface area contributed by atoms with Crippen molar-refractivity contribution in [1.82, 2.24) is 0 Å². The highest BCUT2D eigenvalue weighted by atomic mass is 35.5. The summed E-state index contributed by atoms with van der Waals surface area (Å²) in [6, 6.07) is 1.46. The fourth-order valence-electron chi connectivity index (χ4n) is 0.889. The quantitative estimate of drug-likeness (QED) is 0.564. The van der Waals surface area contributed by atoms with Crippen LogP contribution in [0.5, 0.6) is 0 Å². The van der Waals surface area contributed by atoms with Gasteiger partial charge in [0.15, 0.2) is 6.29 Å². The van der Waals surface area contributed by atoms with Gasteiger partial charge in [-0.05, 0) is 18.6 Å². The molecule has 0 radical (unpaired) electrons. The van der Waals surface area contributed by atoms with Crippen molar-refractivity contribution in [2.45, 2.75) is 6.92 Å². The highest BCUT2D eigenvalue weighted by Gasteiger charge is 2.09. The van der Waals surface area contributed by atoms with Crippen molar-refractivity contribution in [2.75, 3.05) is 5.73 Å². The molecule has 0 saturated carbocycles. The minimum Gasteiger partial charge on any atom is -0.398 e. The van der Waals surface area contributed by atoms with Gasteiger partial charge in [-0.3, -0.25) is 4.79 Å². The number of aldehydes is 1. The predicted octanol–water partition coefficient (Wildman–Crippen LogP) is 2.70. The van der Waals surface area contributed by atoms with Gasteiger partial charge in [0.1, 0.15) is 0 Å². The van der Waals surface area contributed by atoms with Crippen LogP contribution in [0.4, 0.5) is 5.69 Å². The molecule has 0 fully saturated rings. The Kier molecular flexibility index (Phi) is 2.60. The zero-order valence-electron chi connectivity index (χ0n) is 6.40. The van der Waals surface area contributed by atoms with E-state index in [2.05, 4.69) is 0 Å². The maximum atomic E-state index is 10.5. The van der Waals surface area contributed by atoms with E-state index in [-0.39, 0.29) is 0 Å². The molecule has 0 amide bonds. The fraction of sp³-hybridized carbons (Fsp3) is 0.125. The summed E-state index contributed by atoms with van der Waals surface area (Å²) in [5, 5.41) is 0.755. The molecule has 0 aromatic heterocycles. The van der Waals surface area contributed by atoms with Crippen LogP contribution in [0.2, 0.25) is 10.0 Å². The highest BCUT2D eigenvalue weighted by molar-refractivity contribution is 6.43. The lowest BCUT2D eigenvalue weighted by molar-refractivity contribution is 0.112. The molecule has 12 heavy (non-hydrogen) atoms. The van der Waals surface area contributed by atoms with Crippen LogP contribution in [0.15, 0.2) is 6.07 Å². The van der Waals surface area contributed by atoms with Crippen molar-refractivity contribution in [2.24, 2.45) is 0 Å². The largest absolute Gasteiger partial charge is 0.398 e. The molecule has 1 aromatic rings. The first-order valence-electron chi connectivity index (χ1n) is 3.27. The number of hydrogen-bond donors (Lipinski definition) is 1. The fourth-order valence-corrected chi connectivity index (χ4v) is 1.30. The van der Waals surface area contributed by atoms with Crippen LogP contribution in [-0.2, 0) is 0 Å². The molecule has 0 unspecified atom stereocenters. The number of carbonyl (C=O) groups excluding carboxylic acids is 1. The highest BCUT2D eigenvalue weighted by Crippen LogP contribution is 2.31. The molecule has 2 N–H and O–H groups in total. The second-order valence-corrected chi connectivity index (χ2v) is 3.20. The Hall–Kier alpha value is -0.730. The topological polar surface area (TPSA) is 43.1 Å². The Morgan fingerprint density at radius 1 is 1.50 bits per heavy atom. The summed E-state index contributed by atoms with van der Waals surface area (Å²) in [6.45, 7) is 1.72. The van der Waals surface area contributed by atoms with Gasteiger partial charge in [-0.2, -0.15) is 0 Å². The molecule has 2 nitrogen and oxygen atoms in total. The standard InChI is InChI=1S/C8H7Cl2NO/c1-4-7(10)6(9)2-5(3-12)8(4)11/h2-3H,11H2,1H3. The maximum absolute atomic E-state index is 10.5. The predicted molar refractivity (Wildman–Crippen MR) is 51.0 cm³/mol. The number of hydrogen-bond acceptors (Lipinski definition) is 2. The molecule has 1 aromatic carbocycles. The van der Waals surface area contributed by atoms with Crippen LogP contribution in [-0.4, -0.2) is 6.29 Å². The lowest BCUT2D eigenvalue weighted by Gasteiger charge is -2.06. The second kappa shape index (κ2) is 3.33. The van der Waals surface area contributed by atoms with E-state index in [9.17, 15) is 4.79 Å². The van der Waals surface area contributed by atoms with E-state index in [1.165, 1.54) is 6.07 Å². The number of carbonyl (C=O) groups is 1. The number of nitrogen functional groups attached to an aromatic ring is 1. The zero-order chi connectivity index (χ0) is 9.30. The van der Waals surface area contributed by atoms with Crippen molar-refractivity contribution in [3.63, 3.8) is 0 Å². The Balaban J connectivity index is 3.49. The van der Waals surface area contributed by atoms with Crippen LogP contribution >= 0.6 is 23.2 Å². The first kappa shape index (κ1) is 9.36. The van der Waals surface area contributed by atoms with Crippen molar-refractivity contribution in [1.29, 1.82) is 0 Å². The molecule has 0 aliphatic rings. The van der Waals surface area contributed by atoms with E-state index in [0.29, 0.717) is 33.1 Å². The average molecular weight is 204 g/mol. The van der Waals surface area contributed by atoms with Gasteiger partial charge in [-0.15, -0.1) is 0 Å². The lowest BCUT2D eigenvalue weighted by Crippen LogP contribution is -1.97. The van der Waals surface area contributed by atoms with E-state index in [1.807, 2.05) is 0 Å². The lowest BCUT2D eigenvalue weighted by atomic mass is 10.1. The molecule has 0 bridgehead atoms. The number of benzene rings is 1. The molecule has 0 saturated heterocycles. The van der Waals surface area contributed by atoms with Crippen LogP contribution in [0.3, 0.4) is 0 Å². The van der Waals surface area contributed by atoms with E-state index in [1.54, 1.807) is 6.92 Å². The summed E-state index contributed by atoms with van der Waals surface area (Å²) in [6.07, 6.45) is 0.657. The van der Waals surface area contributed by atoms with Gasteiger partial charge >= 0.3 is 0 Å². The average Bonchev–Trinajstić information content (AvgIpc) is 2.08. The summed E-state index contributed by atoms with van der Waals surface area (Å²) in [5.41, 5.74) is 7.00. The number of nitrogens with two attached hydrogens (primary N) is 1. The molecule has 0 heterocycles. The Labute approximate surface area is 80.3 Å². The van der Waals surface area contributed by atoms with Crippen LogP contribution in [0.25, 0.3) is 0 Å². The monoisotopic (exact) mass is 203 g/mol. The first-order valence-corrected chi connectivity index (χ1v) is 4.02. The SMILES string of the molecule is Cc1c(N)c(C=O)cc(Cl)c1Cl. The smallest absolute Gasteiger partial charge is 0.152 e.